The monoisotopic (exact) mass is 1010 g/mol. The second-order valence-corrected chi connectivity index (χ2v) is 19.9. The highest BCUT2D eigenvalue weighted by Crippen LogP contribution is 2.47. The summed E-state index contributed by atoms with van der Waals surface area (Å²) in [4.78, 5) is 12.6. The Hall–Kier alpha value is -6.31. The number of aromatic hydroxyl groups is 1. The van der Waals surface area contributed by atoms with Gasteiger partial charge in [-0.25, -0.2) is 17.9 Å². The van der Waals surface area contributed by atoms with Crippen molar-refractivity contribution in [2.45, 2.75) is 47.3 Å². The lowest BCUT2D eigenvalue weighted by molar-refractivity contribution is -0.432. The maximum atomic E-state index is 12.7. The van der Waals surface area contributed by atoms with Crippen molar-refractivity contribution in [3.05, 3.63) is 95.8 Å². The first-order chi connectivity index (χ1) is 32.4. The van der Waals surface area contributed by atoms with E-state index < -0.39 is 54.2 Å². The third-order valence-corrected chi connectivity index (χ3v) is 13.6. The summed E-state index contributed by atoms with van der Waals surface area (Å²) in [7, 11) is -13.8. The Bertz CT molecular complexity index is 3260. The van der Waals surface area contributed by atoms with Crippen LogP contribution in [0.2, 0.25) is 0 Å². The summed E-state index contributed by atoms with van der Waals surface area (Å²) in [6.45, 7) is 0.180. The zero-order chi connectivity index (χ0) is 48.6. The molecule has 0 radical (unpaired) electrons. The van der Waals surface area contributed by atoms with Crippen LogP contribution in [0.25, 0.3) is 10.8 Å². The van der Waals surface area contributed by atoms with E-state index in [1.54, 1.807) is 31.2 Å². The molecule has 1 heterocycles. The van der Waals surface area contributed by atoms with Crippen LogP contribution in [0.3, 0.4) is 0 Å². The minimum Gasteiger partial charge on any atom is -0.505 e. The van der Waals surface area contributed by atoms with E-state index in [4.69, 9.17) is 14.1 Å². The summed E-state index contributed by atoms with van der Waals surface area (Å²) in [5.74, 6) is -1.06. The summed E-state index contributed by atoms with van der Waals surface area (Å²) in [6.07, 6.45) is 4.08. The quantitative estimate of drug-likeness (QED) is 0.0118. The SMILES string of the molecule is Cc1nc(Nc2cc(NCCO)c(S(=O)(=O)O)cc2N=Nc2ccc(S(=O)(=O)CCOS(=O)(=O)O)cc2)nc(Nc2cccc3cc(SOOO)c(N=Nc4ccc5c(c4)CCCC5)c(O)c23)n1. The first-order valence-corrected chi connectivity index (χ1v) is 25.2. The highest BCUT2D eigenvalue weighted by Gasteiger charge is 2.23. The van der Waals surface area contributed by atoms with Gasteiger partial charge in [0.25, 0.3) is 10.1 Å². The molecule has 0 unspecified atom stereocenters. The van der Waals surface area contributed by atoms with Gasteiger partial charge in [-0.1, -0.05) is 23.2 Å². The lowest BCUT2D eigenvalue weighted by atomic mass is 9.91. The molecule has 0 bridgehead atoms. The highest BCUT2D eigenvalue weighted by atomic mass is 32.3. The molecule has 1 aromatic heterocycles. The summed E-state index contributed by atoms with van der Waals surface area (Å²) >= 11 is 0.590. The van der Waals surface area contributed by atoms with Crippen molar-refractivity contribution in [3.8, 4) is 5.75 Å². The normalized spacial score (nSPS) is 13.3. The molecular weight excluding hydrogens is 973 g/mol. The van der Waals surface area contributed by atoms with E-state index in [0.29, 0.717) is 28.8 Å². The fourth-order valence-electron chi connectivity index (χ4n) is 6.93. The predicted octanol–water partition coefficient (Wildman–Crippen LogP) is 7.91. The van der Waals surface area contributed by atoms with Crippen LogP contribution in [0, 0.1) is 6.92 Å². The number of anilines is 5. The average Bonchev–Trinajstić information content (AvgIpc) is 3.28. The van der Waals surface area contributed by atoms with Crippen LogP contribution >= 0.6 is 12.0 Å². The van der Waals surface area contributed by atoms with E-state index in [1.165, 1.54) is 29.3 Å². The van der Waals surface area contributed by atoms with Gasteiger partial charge in [0.15, 0.2) is 15.6 Å². The Kier molecular flexibility index (Phi) is 15.6. The molecule has 24 nitrogen and oxygen atoms in total. The van der Waals surface area contributed by atoms with Gasteiger partial charge in [-0.05, 0) is 110 Å². The molecule has 6 aromatic rings. The van der Waals surface area contributed by atoms with Crippen molar-refractivity contribution < 1.29 is 63.4 Å². The van der Waals surface area contributed by atoms with Gasteiger partial charge in [0, 0.05) is 11.9 Å². The number of phenols is 1. The van der Waals surface area contributed by atoms with E-state index in [1.807, 2.05) is 18.2 Å². The first kappa shape index (κ1) is 49.6. The second kappa shape index (κ2) is 21.3. The number of aryl methyl sites for hydroxylation is 3. The zero-order valence-electron chi connectivity index (χ0n) is 35.3. The highest BCUT2D eigenvalue weighted by molar-refractivity contribution is 7.94. The number of aromatic nitrogens is 3. The molecule has 358 valence electrons. The molecule has 0 amide bonds. The molecule has 0 saturated carbocycles. The Labute approximate surface area is 392 Å². The molecule has 5 aromatic carbocycles. The molecule has 0 fully saturated rings. The summed E-state index contributed by atoms with van der Waals surface area (Å²) in [5, 5.41) is 60.6. The molecule has 0 spiro atoms. The van der Waals surface area contributed by atoms with Crippen LogP contribution in [0.1, 0.15) is 29.8 Å². The van der Waals surface area contributed by atoms with Crippen LogP contribution in [0.15, 0.2) is 114 Å². The molecule has 1 aliphatic rings. The van der Waals surface area contributed by atoms with E-state index in [-0.39, 0.29) is 73.6 Å². The van der Waals surface area contributed by atoms with Crippen LogP contribution in [0.5, 0.6) is 5.75 Å². The maximum absolute atomic E-state index is 12.7. The second-order valence-electron chi connectivity index (χ2n) is 14.6. The van der Waals surface area contributed by atoms with E-state index >= 15 is 0 Å². The number of sulfone groups is 1. The third-order valence-electron chi connectivity index (χ3n) is 9.93. The largest absolute Gasteiger partial charge is 0.505 e. The lowest BCUT2D eigenvalue weighted by Crippen LogP contribution is -2.15. The Morgan fingerprint density at radius 3 is 2.15 bits per heavy atom. The maximum Gasteiger partial charge on any atom is 0.397 e. The number of azo groups is 2. The van der Waals surface area contributed by atoms with E-state index in [9.17, 15) is 40.0 Å². The van der Waals surface area contributed by atoms with Gasteiger partial charge in [0.1, 0.15) is 22.1 Å². The minimum atomic E-state index is -4.91. The number of benzene rings is 5. The van der Waals surface area contributed by atoms with Gasteiger partial charge in [-0.15, -0.1) is 14.6 Å². The molecule has 0 atom stereocenters. The Morgan fingerprint density at radius 2 is 1.46 bits per heavy atom. The number of rotatable bonds is 20. The van der Waals surface area contributed by atoms with Crippen LogP contribution in [-0.2, 0) is 56.8 Å². The van der Waals surface area contributed by atoms with E-state index in [2.05, 4.69) is 60.6 Å². The van der Waals surface area contributed by atoms with Crippen LogP contribution in [0.4, 0.5) is 51.7 Å². The Balaban J connectivity index is 1.22. The third kappa shape index (κ3) is 12.6. The summed E-state index contributed by atoms with van der Waals surface area (Å²) in [5.41, 5.74) is 3.04. The van der Waals surface area contributed by atoms with Gasteiger partial charge in [-0.2, -0.15) is 42.0 Å². The number of aliphatic hydroxyl groups excluding tert-OH is 1. The van der Waals surface area contributed by atoms with Crippen molar-refractivity contribution >= 4 is 105 Å². The topological polar surface area (TPSA) is 355 Å². The van der Waals surface area contributed by atoms with Crippen LogP contribution < -0.4 is 16.0 Å². The molecule has 0 aliphatic heterocycles. The van der Waals surface area contributed by atoms with Crippen molar-refractivity contribution in [3.63, 3.8) is 0 Å². The van der Waals surface area contributed by atoms with Gasteiger partial charge in [-0.3, -0.25) is 9.11 Å². The fraction of sp³-hybridized carbons (Fsp3) is 0.225. The van der Waals surface area contributed by atoms with Crippen molar-refractivity contribution in [2.24, 2.45) is 20.5 Å². The fourth-order valence-corrected chi connectivity index (χ4v) is 9.59. The molecule has 28 heteroatoms. The number of hydrogen-bond acceptors (Lipinski definition) is 23. The molecule has 7 rings (SSSR count). The zero-order valence-corrected chi connectivity index (χ0v) is 38.6. The summed E-state index contributed by atoms with van der Waals surface area (Å²) < 4.78 is 99.8. The predicted molar refractivity (Wildman–Crippen MR) is 247 cm³/mol. The number of fused-ring (bicyclic) bond motifs is 2. The number of hydrogen-bond donors (Lipinski definition) is 8. The standard InChI is InChI=1S/C40H40N10O14S4/c1-23-42-39(44-30-8-4-7-26-20-34(65-64-63-53)37(38(52)36(26)30)50-48-28-10-9-24-5-2-3-6-25(24)19-28)46-40(43-23)45-31-21-33(41-15-16-51)35(67(56,57)58)22-32(31)49-47-27-11-13-29(14-12-27)66(54,55)18-17-62-68(59,60)61/h4,7-14,19-22,41,51-53H,2-3,5-6,15-18H2,1H3,(H,56,57,58)(H,59,60,61)(H2,42,43,44,45,46). The van der Waals surface area contributed by atoms with Gasteiger partial charge >= 0.3 is 10.4 Å². The number of phenolic OH excluding ortho intramolecular Hbond substituents is 1. The number of nitrogens with one attached hydrogen (secondary N) is 3. The van der Waals surface area contributed by atoms with Gasteiger partial charge in [0.05, 0.1) is 69.2 Å². The number of aliphatic hydroxyl groups is 1. The molecular formula is C40H40N10O14S4. The van der Waals surface area contributed by atoms with Crippen molar-refractivity contribution in [2.75, 3.05) is 41.5 Å². The number of nitrogens with zero attached hydrogens (tertiary/aromatic N) is 7. The van der Waals surface area contributed by atoms with Gasteiger partial charge in [0.2, 0.25) is 11.9 Å². The lowest BCUT2D eigenvalue weighted by Gasteiger charge is -2.16. The summed E-state index contributed by atoms with van der Waals surface area (Å²) in [6, 6.07) is 19.5. The minimum absolute atomic E-state index is 0.00815. The molecule has 0 saturated heterocycles. The molecule has 8 N–H and O–H groups in total. The van der Waals surface area contributed by atoms with E-state index in [0.717, 1.165) is 43.9 Å². The molecule has 1 aliphatic carbocycles. The molecule has 68 heavy (non-hydrogen) atoms. The average molecular weight is 1010 g/mol. The van der Waals surface area contributed by atoms with Gasteiger partial charge < -0.3 is 26.2 Å². The smallest absolute Gasteiger partial charge is 0.397 e. The Morgan fingerprint density at radius 1 is 0.765 bits per heavy atom. The first-order valence-electron chi connectivity index (χ1n) is 20.0. The van der Waals surface area contributed by atoms with Crippen molar-refractivity contribution in [1.82, 2.24) is 15.0 Å². The van der Waals surface area contributed by atoms with Crippen molar-refractivity contribution in [1.29, 1.82) is 0 Å². The van der Waals surface area contributed by atoms with Crippen LogP contribution in [-0.4, -0.2) is 90.3 Å².